The number of dihydropyridines is 1. The van der Waals surface area contributed by atoms with E-state index in [4.69, 9.17) is 9.47 Å². The van der Waals surface area contributed by atoms with E-state index in [1.54, 1.807) is 13.8 Å². The summed E-state index contributed by atoms with van der Waals surface area (Å²) in [6.07, 6.45) is -4.70. The third kappa shape index (κ3) is 4.24. The van der Waals surface area contributed by atoms with Gasteiger partial charge in [0, 0.05) is 17.1 Å². The second-order valence-corrected chi connectivity index (χ2v) is 5.83. The van der Waals surface area contributed by atoms with Crippen LogP contribution in [-0.2, 0) is 19.1 Å². The summed E-state index contributed by atoms with van der Waals surface area (Å²) in [7, 11) is 2.31. The molecule has 146 valence electrons. The Labute approximate surface area is 154 Å². The monoisotopic (exact) mass is 384 g/mol. The van der Waals surface area contributed by atoms with Gasteiger partial charge in [-0.3, -0.25) is 5.32 Å². The molecule has 1 aromatic rings. The summed E-state index contributed by atoms with van der Waals surface area (Å²) in [5, 5.41) is 4.35. The van der Waals surface area contributed by atoms with Crippen molar-refractivity contribution in [1.29, 1.82) is 0 Å². The minimum Gasteiger partial charge on any atom is -0.466 e. The van der Waals surface area contributed by atoms with E-state index in [0.717, 1.165) is 14.2 Å². The Bertz CT molecular complexity index is 790. The van der Waals surface area contributed by atoms with Crippen LogP contribution >= 0.6 is 0 Å². The van der Waals surface area contributed by atoms with Crippen LogP contribution in [-0.4, -0.2) is 32.5 Å². The maximum atomic E-state index is 13.0. The van der Waals surface area contributed by atoms with E-state index in [0.29, 0.717) is 11.4 Å². The first-order valence-electron chi connectivity index (χ1n) is 7.89. The van der Waals surface area contributed by atoms with Gasteiger partial charge in [0.05, 0.1) is 31.3 Å². The molecule has 0 fully saturated rings. The fraction of sp³-hybridized carbons (Fsp3) is 0.333. The summed E-state index contributed by atoms with van der Waals surface area (Å²) in [5.74, 6) is -2.63. The Morgan fingerprint density at radius 2 is 1.48 bits per heavy atom. The average molecular weight is 384 g/mol. The van der Waals surface area contributed by atoms with Gasteiger partial charge in [0.1, 0.15) is 0 Å². The lowest BCUT2D eigenvalue weighted by molar-refractivity contribution is -0.137. The molecule has 2 N–H and O–H groups in total. The standard InChI is InChI=1S/C18H19F3N2O4/c1-9-13(16(24)26-3)15(14(10(2)22-9)17(25)27-4)11-7-5-6-8-12(11)23-18(19,20)21/h5-8,15,22-23H,1-4H3. The Balaban J connectivity index is 2.75. The van der Waals surface area contributed by atoms with E-state index in [-0.39, 0.29) is 22.4 Å². The molecule has 9 heteroatoms. The number of alkyl halides is 3. The van der Waals surface area contributed by atoms with Gasteiger partial charge in [-0.1, -0.05) is 18.2 Å². The molecule has 1 aliphatic rings. The highest BCUT2D eigenvalue weighted by Gasteiger charge is 2.39. The van der Waals surface area contributed by atoms with Gasteiger partial charge in [-0.05, 0) is 25.5 Å². The number of anilines is 1. The van der Waals surface area contributed by atoms with Crippen LogP contribution in [0, 0.1) is 0 Å². The van der Waals surface area contributed by atoms with Crippen LogP contribution in [0.15, 0.2) is 46.8 Å². The lowest BCUT2D eigenvalue weighted by Gasteiger charge is -2.31. The van der Waals surface area contributed by atoms with Gasteiger partial charge >= 0.3 is 18.2 Å². The molecule has 0 unspecified atom stereocenters. The number of carbonyl (C=O) groups is 2. The second-order valence-electron chi connectivity index (χ2n) is 5.83. The number of esters is 2. The molecule has 27 heavy (non-hydrogen) atoms. The van der Waals surface area contributed by atoms with Crippen molar-refractivity contribution in [3.8, 4) is 0 Å². The lowest BCUT2D eigenvalue weighted by Crippen LogP contribution is -2.33. The Morgan fingerprint density at radius 3 is 1.93 bits per heavy atom. The molecular formula is C18H19F3N2O4. The number of ether oxygens (including phenoxy) is 2. The molecule has 0 saturated heterocycles. The fourth-order valence-electron chi connectivity index (χ4n) is 3.08. The van der Waals surface area contributed by atoms with Gasteiger partial charge in [0.25, 0.3) is 0 Å². The van der Waals surface area contributed by atoms with Crippen molar-refractivity contribution in [3.63, 3.8) is 0 Å². The van der Waals surface area contributed by atoms with E-state index < -0.39 is 24.2 Å². The molecule has 1 aliphatic heterocycles. The number of hydrogen-bond acceptors (Lipinski definition) is 6. The van der Waals surface area contributed by atoms with Crippen LogP contribution in [0.4, 0.5) is 18.9 Å². The lowest BCUT2D eigenvalue weighted by atomic mass is 9.79. The SMILES string of the molecule is COC(=O)C1=C(C)NC(C)=C(C(=O)OC)C1c1ccccc1NC(F)(F)F. The number of rotatable bonds is 4. The van der Waals surface area contributed by atoms with Crippen LogP contribution < -0.4 is 10.6 Å². The van der Waals surface area contributed by atoms with Crippen molar-refractivity contribution in [2.45, 2.75) is 26.1 Å². The van der Waals surface area contributed by atoms with Crippen LogP contribution in [0.5, 0.6) is 0 Å². The summed E-state index contributed by atoms with van der Waals surface area (Å²) < 4.78 is 48.5. The zero-order valence-electron chi connectivity index (χ0n) is 15.2. The predicted molar refractivity (Wildman–Crippen MR) is 91.4 cm³/mol. The summed E-state index contributed by atoms with van der Waals surface area (Å²) in [6, 6.07) is 5.57. The minimum atomic E-state index is -4.70. The zero-order chi connectivity index (χ0) is 20.4. The molecule has 6 nitrogen and oxygen atoms in total. The highest BCUT2D eigenvalue weighted by molar-refractivity contribution is 6.00. The molecule has 0 radical (unpaired) electrons. The smallest absolute Gasteiger partial charge is 0.466 e. The first-order chi connectivity index (χ1) is 12.6. The Kier molecular flexibility index (Phi) is 5.82. The van der Waals surface area contributed by atoms with Crippen molar-refractivity contribution in [2.75, 3.05) is 19.5 Å². The van der Waals surface area contributed by atoms with Crippen molar-refractivity contribution in [3.05, 3.63) is 52.4 Å². The number of allylic oxidation sites excluding steroid dienone is 2. The highest BCUT2D eigenvalue weighted by atomic mass is 19.4. The van der Waals surface area contributed by atoms with Crippen molar-refractivity contribution >= 4 is 17.6 Å². The molecule has 0 saturated carbocycles. The number of benzene rings is 1. The van der Waals surface area contributed by atoms with Gasteiger partial charge in [-0.25, -0.2) is 9.59 Å². The number of halogens is 3. The van der Waals surface area contributed by atoms with E-state index in [2.05, 4.69) is 5.32 Å². The third-order valence-electron chi connectivity index (χ3n) is 4.12. The van der Waals surface area contributed by atoms with E-state index >= 15 is 0 Å². The van der Waals surface area contributed by atoms with Crippen LogP contribution in [0.2, 0.25) is 0 Å². The second kappa shape index (κ2) is 7.73. The van der Waals surface area contributed by atoms with Crippen LogP contribution in [0.1, 0.15) is 25.3 Å². The first-order valence-corrected chi connectivity index (χ1v) is 7.89. The number of hydrogen-bond donors (Lipinski definition) is 2. The van der Waals surface area contributed by atoms with Gasteiger partial charge in [0.15, 0.2) is 0 Å². The first kappa shape index (κ1) is 20.3. The third-order valence-corrected chi connectivity index (χ3v) is 4.12. The number of para-hydroxylation sites is 1. The summed E-state index contributed by atoms with van der Waals surface area (Å²) in [5.41, 5.74) is 0.619. The van der Waals surface area contributed by atoms with Gasteiger partial charge in [-0.15, -0.1) is 0 Å². The molecule has 0 aromatic heterocycles. The average Bonchev–Trinajstić information content (AvgIpc) is 2.59. The normalized spacial score (nSPS) is 15.4. The largest absolute Gasteiger partial charge is 0.482 e. The van der Waals surface area contributed by atoms with E-state index in [1.165, 1.54) is 29.6 Å². The van der Waals surface area contributed by atoms with Crippen molar-refractivity contribution in [1.82, 2.24) is 5.32 Å². The van der Waals surface area contributed by atoms with Crippen molar-refractivity contribution < 1.29 is 32.2 Å². The molecule has 0 bridgehead atoms. The van der Waals surface area contributed by atoms with Crippen molar-refractivity contribution in [2.24, 2.45) is 0 Å². The molecule has 0 atom stereocenters. The predicted octanol–water partition coefficient (Wildman–Crippen LogP) is 3.20. The van der Waals surface area contributed by atoms with Crippen LogP contribution in [0.3, 0.4) is 0 Å². The van der Waals surface area contributed by atoms with Gasteiger partial charge in [-0.2, -0.15) is 13.2 Å². The summed E-state index contributed by atoms with van der Waals surface area (Å²) >= 11 is 0. The maximum absolute atomic E-state index is 13.0. The number of methoxy groups -OCH3 is 2. The Morgan fingerprint density at radius 1 is 1.00 bits per heavy atom. The maximum Gasteiger partial charge on any atom is 0.482 e. The van der Waals surface area contributed by atoms with E-state index in [9.17, 15) is 22.8 Å². The fourth-order valence-corrected chi connectivity index (χ4v) is 3.08. The Hall–Kier alpha value is -2.97. The number of carbonyl (C=O) groups excluding carboxylic acids is 2. The molecular weight excluding hydrogens is 365 g/mol. The summed E-state index contributed by atoms with van der Waals surface area (Å²) in [4.78, 5) is 24.8. The molecule has 2 rings (SSSR count). The highest BCUT2D eigenvalue weighted by Crippen LogP contribution is 2.42. The molecule has 0 amide bonds. The molecule has 1 aromatic carbocycles. The molecule has 0 spiro atoms. The van der Waals surface area contributed by atoms with Crippen LogP contribution in [0.25, 0.3) is 0 Å². The van der Waals surface area contributed by atoms with Gasteiger partial charge < -0.3 is 14.8 Å². The van der Waals surface area contributed by atoms with E-state index in [1.807, 2.05) is 0 Å². The molecule has 1 heterocycles. The quantitative estimate of drug-likeness (QED) is 0.613. The molecule has 0 aliphatic carbocycles. The topological polar surface area (TPSA) is 76.7 Å². The summed E-state index contributed by atoms with van der Waals surface area (Å²) in [6.45, 7) is 3.16. The minimum absolute atomic E-state index is 0.0277. The zero-order valence-corrected chi connectivity index (χ0v) is 15.2. The van der Waals surface area contributed by atoms with Gasteiger partial charge in [0.2, 0.25) is 0 Å². The number of nitrogens with one attached hydrogen (secondary N) is 2.